The van der Waals surface area contributed by atoms with Crippen LogP contribution in [0, 0.1) is 0 Å². The van der Waals surface area contributed by atoms with Gasteiger partial charge in [0, 0.05) is 37.4 Å². The molecule has 2 amide bonds. The number of carbonyl (C=O) groups excluding carboxylic acids is 2. The summed E-state index contributed by atoms with van der Waals surface area (Å²) >= 11 is 6.61. The average Bonchev–Trinajstić information content (AvgIpc) is 3.51. The van der Waals surface area contributed by atoms with Crippen molar-refractivity contribution in [2.75, 3.05) is 23.0 Å². The van der Waals surface area contributed by atoms with Crippen LogP contribution in [0.1, 0.15) is 68.6 Å². The molecule has 1 saturated heterocycles. The van der Waals surface area contributed by atoms with Crippen LogP contribution in [0.15, 0.2) is 59.5 Å². The zero-order chi connectivity index (χ0) is 31.5. The summed E-state index contributed by atoms with van der Waals surface area (Å²) in [6.07, 6.45) is -0.898. The lowest BCUT2D eigenvalue weighted by Crippen LogP contribution is -2.37. The van der Waals surface area contributed by atoms with Crippen molar-refractivity contribution in [1.29, 1.82) is 0 Å². The molecule has 45 heavy (non-hydrogen) atoms. The van der Waals surface area contributed by atoms with Gasteiger partial charge in [-0.25, -0.2) is 4.90 Å². The summed E-state index contributed by atoms with van der Waals surface area (Å²) in [7, 11) is 0. The smallest absolute Gasteiger partial charge is 0.364 e. The van der Waals surface area contributed by atoms with Crippen molar-refractivity contribution in [2.45, 2.75) is 51.2 Å². The predicted octanol–water partition coefficient (Wildman–Crippen LogP) is 5.22. The van der Waals surface area contributed by atoms with Gasteiger partial charge in [-0.3, -0.25) is 19.1 Å². The molecule has 0 spiro atoms. The number of fused-ring (bicyclic) bond motifs is 2. The molecular formula is C31H26ClF3N6O4. The minimum absolute atomic E-state index is 0.00701. The lowest BCUT2D eigenvalue weighted by Gasteiger charge is -2.31. The van der Waals surface area contributed by atoms with Crippen molar-refractivity contribution in [3.8, 4) is 0 Å². The van der Waals surface area contributed by atoms with Crippen LogP contribution >= 0.6 is 11.6 Å². The molecule has 0 saturated carbocycles. The van der Waals surface area contributed by atoms with Gasteiger partial charge in [0.2, 0.25) is 0 Å². The molecule has 14 heteroatoms. The Labute approximate surface area is 259 Å². The third kappa shape index (κ3) is 4.99. The van der Waals surface area contributed by atoms with E-state index in [1.165, 1.54) is 33.8 Å². The molecule has 1 unspecified atom stereocenters. The van der Waals surface area contributed by atoms with E-state index in [2.05, 4.69) is 10.2 Å². The highest BCUT2D eigenvalue weighted by Gasteiger charge is 2.41. The highest BCUT2D eigenvalue weighted by molar-refractivity contribution is 6.34. The highest BCUT2D eigenvalue weighted by Crippen LogP contribution is 2.38. The van der Waals surface area contributed by atoms with E-state index in [1.54, 1.807) is 29.2 Å². The molecule has 1 fully saturated rings. The molecule has 0 bridgehead atoms. The summed E-state index contributed by atoms with van der Waals surface area (Å²) < 4.78 is 50.0. The summed E-state index contributed by atoms with van der Waals surface area (Å²) in [6.45, 7) is 0.682. The molecule has 10 nitrogen and oxygen atoms in total. The van der Waals surface area contributed by atoms with E-state index in [0.717, 1.165) is 23.8 Å². The Morgan fingerprint density at radius 3 is 2.38 bits per heavy atom. The molecule has 0 radical (unpaired) electrons. The van der Waals surface area contributed by atoms with Crippen LogP contribution in [0.3, 0.4) is 0 Å². The fraction of sp³-hybridized carbons (Fsp3) is 0.323. The Bertz CT molecular complexity index is 1860. The van der Waals surface area contributed by atoms with Crippen LogP contribution in [0.2, 0.25) is 5.02 Å². The third-order valence-electron chi connectivity index (χ3n) is 8.46. The van der Waals surface area contributed by atoms with Crippen LogP contribution < -0.4 is 15.4 Å². The number of amides is 2. The number of halogens is 4. The minimum atomic E-state index is -4.58. The molecule has 3 aliphatic rings. The zero-order valence-corrected chi connectivity index (χ0v) is 24.5. The Morgan fingerprint density at radius 1 is 0.978 bits per heavy atom. The number of hydrogen-bond acceptors (Lipinski definition) is 7. The van der Waals surface area contributed by atoms with Gasteiger partial charge in [-0.1, -0.05) is 41.9 Å². The average molecular weight is 639 g/mol. The van der Waals surface area contributed by atoms with E-state index in [-0.39, 0.29) is 47.0 Å². The van der Waals surface area contributed by atoms with Crippen LogP contribution in [0.5, 0.6) is 0 Å². The molecular weight excluding hydrogens is 613 g/mol. The number of rotatable bonds is 5. The van der Waals surface area contributed by atoms with E-state index in [1.807, 2.05) is 0 Å². The van der Waals surface area contributed by atoms with Gasteiger partial charge >= 0.3 is 6.18 Å². The fourth-order valence-corrected chi connectivity index (χ4v) is 6.50. The van der Waals surface area contributed by atoms with Gasteiger partial charge in [0.25, 0.3) is 17.4 Å². The van der Waals surface area contributed by atoms with Crippen molar-refractivity contribution in [1.82, 2.24) is 19.6 Å². The second-order valence-corrected chi connectivity index (χ2v) is 11.5. The molecule has 0 aliphatic carbocycles. The van der Waals surface area contributed by atoms with Crippen molar-refractivity contribution in [2.24, 2.45) is 0 Å². The molecule has 232 valence electrons. The van der Waals surface area contributed by atoms with Gasteiger partial charge in [-0.15, -0.1) is 0 Å². The topological polar surface area (TPSA) is 103 Å². The van der Waals surface area contributed by atoms with E-state index < -0.39 is 35.3 Å². The normalized spacial score (nSPS) is 18.4. The first-order chi connectivity index (χ1) is 21.6. The number of aromatic nitrogens is 4. The SMILES string of the molecule is O=C1c2ccccc2C(=O)N1c1nn(Cc2ccccc2C(F)(F)F)c2c1CN(c1cnn(C3CCCCO3)c(=O)c1Cl)CC2. The van der Waals surface area contributed by atoms with E-state index in [4.69, 9.17) is 16.3 Å². The van der Waals surface area contributed by atoms with Crippen LogP contribution in [-0.2, 0) is 30.4 Å². The predicted molar refractivity (Wildman–Crippen MR) is 157 cm³/mol. The van der Waals surface area contributed by atoms with E-state index in [9.17, 15) is 27.6 Å². The maximum atomic E-state index is 13.9. The van der Waals surface area contributed by atoms with Gasteiger partial charge in [0.05, 0.1) is 35.1 Å². The first-order valence-electron chi connectivity index (χ1n) is 14.5. The Hall–Kier alpha value is -4.49. The zero-order valence-electron chi connectivity index (χ0n) is 23.8. The van der Waals surface area contributed by atoms with Crippen LogP contribution in [0.4, 0.5) is 24.7 Å². The number of carbonyl (C=O) groups is 2. The Balaban J connectivity index is 1.29. The van der Waals surface area contributed by atoms with Gasteiger partial charge in [-0.05, 0) is 43.0 Å². The number of benzene rings is 2. The number of imide groups is 1. The standard InChI is InChI=1S/C31H26ClF3N6O4/c32-26-24(15-36-41(30(26)44)25-11-5-6-14-45-25)38-13-12-23-21(17-38)27(40-28(42)19-8-2-3-9-20(19)29(40)43)37-39(23)16-18-7-1-4-10-22(18)31(33,34)35/h1-4,7-10,15,25H,5-6,11-14,16-17H2. The lowest BCUT2D eigenvalue weighted by atomic mass is 10.0. The van der Waals surface area contributed by atoms with Gasteiger partial charge < -0.3 is 9.64 Å². The van der Waals surface area contributed by atoms with Gasteiger partial charge in [0.1, 0.15) is 5.02 Å². The molecule has 7 rings (SSSR count). The summed E-state index contributed by atoms with van der Waals surface area (Å²) in [5.41, 5.74) is 0.499. The summed E-state index contributed by atoms with van der Waals surface area (Å²) in [6, 6.07) is 11.6. The summed E-state index contributed by atoms with van der Waals surface area (Å²) in [5, 5.41) is 8.88. The maximum Gasteiger partial charge on any atom is 0.416 e. The summed E-state index contributed by atoms with van der Waals surface area (Å²) in [4.78, 5) is 43.0. The quantitative estimate of drug-likeness (QED) is 0.276. The van der Waals surface area contributed by atoms with Crippen LogP contribution in [-0.4, -0.2) is 44.5 Å². The molecule has 0 N–H and O–H groups in total. The molecule has 2 aromatic heterocycles. The summed E-state index contributed by atoms with van der Waals surface area (Å²) in [5.74, 6) is -1.13. The molecule has 5 heterocycles. The first-order valence-corrected chi connectivity index (χ1v) is 14.9. The third-order valence-corrected chi connectivity index (χ3v) is 8.81. The van der Waals surface area contributed by atoms with E-state index in [0.29, 0.717) is 36.5 Å². The molecule has 2 aromatic carbocycles. The van der Waals surface area contributed by atoms with Crippen molar-refractivity contribution >= 4 is 34.9 Å². The lowest BCUT2D eigenvalue weighted by molar-refractivity contribution is -0.138. The second-order valence-electron chi connectivity index (χ2n) is 11.1. The van der Waals surface area contributed by atoms with Crippen molar-refractivity contribution in [3.63, 3.8) is 0 Å². The molecule has 1 atom stereocenters. The van der Waals surface area contributed by atoms with Crippen LogP contribution in [0.25, 0.3) is 0 Å². The fourth-order valence-electron chi connectivity index (χ4n) is 6.24. The largest absolute Gasteiger partial charge is 0.416 e. The number of ether oxygens (including phenoxy) is 1. The molecule has 3 aliphatic heterocycles. The van der Waals surface area contributed by atoms with Gasteiger partial charge in [0.15, 0.2) is 12.0 Å². The monoisotopic (exact) mass is 638 g/mol. The number of nitrogens with zero attached hydrogens (tertiary/aromatic N) is 6. The number of hydrogen-bond donors (Lipinski definition) is 0. The Morgan fingerprint density at radius 2 is 1.69 bits per heavy atom. The van der Waals surface area contributed by atoms with Crippen molar-refractivity contribution < 1.29 is 27.5 Å². The number of alkyl halides is 3. The first kappa shape index (κ1) is 29.2. The Kier molecular flexibility index (Phi) is 7.24. The molecule has 4 aromatic rings. The second kappa shape index (κ2) is 11.1. The highest BCUT2D eigenvalue weighted by atomic mass is 35.5. The van der Waals surface area contributed by atoms with Gasteiger partial charge in [-0.2, -0.15) is 28.1 Å². The maximum absolute atomic E-state index is 13.9. The van der Waals surface area contributed by atoms with Crippen molar-refractivity contribution in [3.05, 3.63) is 104 Å². The van der Waals surface area contributed by atoms with E-state index >= 15 is 0 Å². The minimum Gasteiger partial charge on any atom is -0.364 e. The number of anilines is 2.